The number of allylic oxidation sites excluding steroid dienone is 2. The zero-order valence-electron chi connectivity index (χ0n) is 14.7. The van der Waals surface area contributed by atoms with Crippen LogP contribution in [0, 0.1) is 17.8 Å². The summed E-state index contributed by atoms with van der Waals surface area (Å²) in [6.07, 6.45) is 0. The minimum Gasteiger partial charge on any atom is -0.428 e. The summed E-state index contributed by atoms with van der Waals surface area (Å²) in [6.45, 7) is 15.1. The Hall–Kier alpha value is -2.11. The lowest BCUT2D eigenvalue weighted by atomic mass is 9.87. The van der Waals surface area contributed by atoms with Crippen LogP contribution in [0.2, 0.25) is 0 Å². The van der Waals surface area contributed by atoms with Gasteiger partial charge in [0.15, 0.2) is 17.5 Å². The van der Waals surface area contributed by atoms with Crippen LogP contribution in [0.1, 0.15) is 41.5 Å². The Bertz CT molecular complexity index is 453. The molecule has 0 spiro atoms. The van der Waals surface area contributed by atoms with Crippen LogP contribution < -0.4 is 0 Å². The molecule has 0 atom stereocenters. The largest absolute Gasteiger partial charge is 0.428 e. The van der Waals surface area contributed by atoms with E-state index < -0.39 is 41.8 Å². The number of carbonyl (C=O) groups is 3. The van der Waals surface area contributed by atoms with Gasteiger partial charge >= 0.3 is 12.4 Å². The summed E-state index contributed by atoms with van der Waals surface area (Å²) < 4.78 is 15.3. The molecule has 0 rings (SSSR count). The summed E-state index contributed by atoms with van der Waals surface area (Å²) in [7, 11) is 0. The van der Waals surface area contributed by atoms with Gasteiger partial charge in [-0.3, -0.25) is 14.4 Å². The van der Waals surface area contributed by atoms with Crippen LogP contribution in [-0.4, -0.2) is 24.0 Å². The fourth-order valence-corrected chi connectivity index (χ4v) is 1.60. The predicted molar refractivity (Wildman–Crippen MR) is 84.9 cm³/mol. The van der Waals surface area contributed by atoms with Gasteiger partial charge < -0.3 is 14.2 Å². The molecule has 0 N–H and O–H groups in total. The van der Waals surface area contributed by atoms with E-state index in [9.17, 15) is 14.4 Å². The number of ether oxygens (including phenoxy) is 3. The van der Waals surface area contributed by atoms with Crippen LogP contribution in [0.15, 0.2) is 24.7 Å². The molecule has 0 aliphatic heterocycles. The highest BCUT2D eigenvalue weighted by Gasteiger charge is 2.39. The lowest BCUT2D eigenvalue weighted by Gasteiger charge is -2.23. The van der Waals surface area contributed by atoms with Crippen molar-refractivity contribution in [2.24, 2.45) is 17.8 Å². The van der Waals surface area contributed by atoms with Gasteiger partial charge in [-0.1, -0.05) is 40.9 Å². The number of esters is 1. The van der Waals surface area contributed by atoms with Gasteiger partial charge in [0.2, 0.25) is 0 Å². The molecule has 6 heteroatoms. The normalized spacial score (nSPS) is 10.9. The maximum Gasteiger partial charge on any atom is 0.408 e. The highest BCUT2D eigenvalue weighted by Crippen LogP contribution is 2.18. The van der Waals surface area contributed by atoms with Gasteiger partial charge in [0.05, 0.1) is 11.5 Å². The topological polar surface area (TPSA) is 78.9 Å². The maximum atomic E-state index is 12.3. The summed E-state index contributed by atoms with van der Waals surface area (Å²) in [6, 6.07) is 0. The highest BCUT2D eigenvalue weighted by atomic mass is 16.9. The van der Waals surface area contributed by atoms with E-state index in [-0.39, 0.29) is 11.5 Å². The van der Waals surface area contributed by atoms with Crippen LogP contribution in [0.5, 0.6) is 0 Å². The summed E-state index contributed by atoms with van der Waals surface area (Å²) in [4.78, 5) is 36.8. The molecule has 0 bridgehead atoms. The molecule has 0 aliphatic carbocycles. The van der Waals surface area contributed by atoms with E-state index >= 15 is 0 Å². The molecule has 0 unspecified atom stereocenters. The SMILES string of the molecule is C=C(C)OC(OC(=C)C)OC(=O)C(C(=O)C(C)C)C(=O)C(C)C. The zero-order chi connectivity index (χ0) is 18.3. The van der Waals surface area contributed by atoms with Gasteiger partial charge in [0.25, 0.3) is 0 Å². The van der Waals surface area contributed by atoms with Crippen molar-refractivity contribution in [3.05, 3.63) is 24.7 Å². The van der Waals surface area contributed by atoms with Crippen molar-refractivity contribution in [3.63, 3.8) is 0 Å². The Kier molecular flexibility index (Phi) is 8.29. The van der Waals surface area contributed by atoms with E-state index in [1.165, 1.54) is 0 Å². The van der Waals surface area contributed by atoms with Gasteiger partial charge in [0, 0.05) is 11.8 Å². The van der Waals surface area contributed by atoms with Crippen molar-refractivity contribution >= 4 is 17.5 Å². The van der Waals surface area contributed by atoms with Crippen molar-refractivity contribution in [1.82, 2.24) is 0 Å². The van der Waals surface area contributed by atoms with Gasteiger partial charge in [0.1, 0.15) is 0 Å². The average Bonchev–Trinajstić information content (AvgIpc) is 2.36. The van der Waals surface area contributed by atoms with Crippen molar-refractivity contribution in [2.45, 2.75) is 48.0 Å². The van der Waals surface area contributed by atoms with Gasteiger partial charge in [-0.15, -0.1) is 0 Å². The molecule has 23 heavy (non-hydrogen) atoms. The predicted octanol–water partition coefficient (Wildman–Crippen LogP) is 2.98. The van der Waals surface area contributed by atoms with Crippen molar-refractivity contribution in [3.8, 4) is 0 Å². The third kappa shape index (κ3) is 7.13. The molecule has 6 nitrogen and oxygen atoms in total. The van der Waals surface area contributed by atoms with E-state index in [0.717, 1.165) is 0 Å². The van der Waals surface area contributed by atoms with Gasteiger partial charge in [-0.25, -0.2) is 0 Å². The van der Waals surface area contributed by atoms with Gasteiger partial charge in [-0.05, 0) is 13.8 Å². The molecular formula is C17H26O6. The fraction of sp³-hybridized carbons (Fsp3) is 0.588. The third-order valence-corrected chi connectivity index (χ3v) is 2.75. The average molecular weight is 326 g/mol. The third-order valence-electron chi connectivity index (χ3n) is 2.75. The summed E-state index contributed by atoms with van der Waals surface area (Å²) in [5.41, 5.74) is 0. The minimum absolute atomic E-state index is 0.242. The lowest BCUT2D eigenvalue weighted by Crippen LogP contribution is -2.40. The minimum atomic E-state index is -1.50. The first kappa shape index (κ1) is 20.9. The lowest BCUT2D eigenvalue weighted by molar-refractivity contribution is -0.247. The number of carbonyl (C=O) groups excluding carboxylic acids is 3. The number of Topliss-reactive ketones (excluding diaryl/α,β-unsaturated/α-hetero) is 2. The molecule has 130 valence electrons. The van der Waals surface area contributed by atoms with Gasteiger partial charge in [-0.2, -0.15) is 0 Å². The molecule has 0 fully saturated rings. The Labute approximate surface area is 137 Å². The van der Waals surface area contributed by atoms with E-state index in [0.29, 0.717) is 0 Å². The molecule has 0 aromatic heterocycles. The monoisotopic (exact) mass is 326 g/mol. The van der Waals surface area contributed by atoms with Crippen LogP contribution >= 0.6 is 0 Å². The summed E-state index contributed by atoms with van der Waals surface area (Å²) in [5, 5.41) is 0. The van der Waals surface area contributed by atoms with Crippen molar-refractivity contribution in [2.75, 3.05) is 0 Å². The quantitative estimate of drug-likeness (QED) is 0.266. The molecule has 0 amide bonds. The van der Waals surface area contributed by atoms with Crippen molar-refractivity contribution in [1.29, 1.82) is 0 Å². The molecule has 0 aliphatic rings. The smallest absolute Gasteiger partial charge is 0.408 e. The Morgan fingerprint density at radius 2 is 1.09 bits per heavy atom. The summed E-state index contributed by atoms with van der Waals surface area (Å²) >= 11 is 0. The second kappa shape index (κ2) is 9.12. The van der Waals surface area contributed by atoms with E-state index in [1.807, 2.05) is 0 Å². The Balaban J connectivity index is 5.33. The zero-order valence-corrected chi connectivity index (χ0v) is 14.7. The van der Waals surface area contributed by atoms with E-state index in [4.69, 9.17) is 14.2 Å². The second-order valence-electron chi connectivity index (χ2n) is 5.91. The molecule has 0 aromatic carbocycles. The van der Waals surface area contributed by atoms with Crippen LogP contribution in [0.3, 0.4) is 0 Å². The molecule has 0 saturated carbocycles. The Morgan fingerprint density at radius 1 is 0.739 bits per heavy atom. The van der Waals surface area contributed by atoms with Crippen LogP contribution in [0.25, 0.3) is 0 Å². The van der Waals surface area contributed by atoms with Crippen LogP contribution in [0.4, 0.5) is 0 Å². The van der Waals surface area contributed by atoms with E-state index in [1.54, 1.807) is 41.5 Å². The first-order valence-electron chi connectivity index (χ1n) is 7.39. The first-order valence-corrected chi connectivity index (χ1v) is 7.39. The van der Waals surface area contributed by atoms with Crippen LogP contribution in [-0.2, 0) is 28.6 Å². The summed E-state index contributed by atoms with van der Waals surface area (Å²) in [5.74, 6) is -4.00. The maximum absolute atomic E-state index is 12.3. The molecule has 0 saturated heterocycles. The molecule has 0 aromatic rings. The van der Waals surface area contributed by atoms with E-state index in [2.05, 4.69) is 13.2 Å². The number of ketones is 2. The first-order chi connectivity index (χ1) is 10.5. The number of hydrogen-bond donors (Lipinski definition) is 0. The van der Waals surface area contributed by atoms with Crippen molar-refractivity contribution < 1.29 is 28.6 Å². The molecular weight excluding hydrogens is 300 g/mol. The standard InChI is InChI=1S/C17H26O6/c1-9(2)14(18)13(15(19)10(3)4)16(20)23-17(21-11(5)6)22-12(7)8/h9-10,13,17H,5,7H2,1-4,6,8H3. The second-order valence-corrected chi connectivity index (χ2v) is 5.91. The fourth-order valence-electron chi connectivity index (χ4n) is 1.60. The number of hydrogen-bond acceptors (Lipinski definition) is 6. The highest BCUT2D eigenvalue weighted by molar-refractivity contribution is 6.18. The molecule has 0 radical (unpaired) electrons. The molecule has 0 heterocycles. The number of rotatable bonds is 10. The Morgan fingerprint density at radius 3 is 1.35 bits per heavy atom.